The third-order valence-electron chi connectivity index (χ3n) is 7.05. The van der Waals surface area contributed by atoms with E-state index in [1.54, 1.807) is 10.1 Å². The van der Waals surface area contributed by atoms with Gasteiger partial charge in [-0.25, -0.2) is 4.79 Å². The molecule has 0 aromatic heterocycles. The van der Waals surface area contributed by atoms with Crippen LogP contribution in [0.3, 0.4) is 0 Å². The lowest BCUT2D eigenvalue weighted by Crippen LogP contribution is -2.43. The van der Waals surface area contributed by atoms with Gasteiger partial charge in [-0.3, -0.25) is 4.90 Å². The first-order valence-corrected chi connectivity index (χ1v) is 13.7. The van der Waals surface area contributed by atoms with Crippen molar-refractivity contribution in [2.75, 3.05) is 0 Å². The molecule has 1 aromatic carbocycles. The number of para-hydroxylation sites is 1. The van der Waals surface area contributed by atoms with Gasteiger partial charge in [-0.2, -0.15) is 0 Å². The Morgan fingerprint density at radius 2 is 1.68 bits per heavy atom. The van der Waals surface area contributed by atoms with E-state index >= 15 is 0 Å². The lowest BCUT2D eigenvalue weighted by Gasteiger charge is -2.42. The van der Waals surface area contributed by atoms with Gasteiger partial charge in [0.05, 0.1) is 8.07 Å². The molecule has 1 aliphatic carbocycles. The van der Waals surface area contributed by atoms with E-state index in [-0.39, 0.29) is 6.09 Å². The normalized spacial score (nSPS) is 20.8. The molecule has 1 fully saturated rings. The van der Waals surface area contributed by atoms with Crippen LogP contribution in [-0.2, 0) is 0 Å². The van der Waals surface area contributed by atoms with Crippen LogP contribution in [0.4, 0.5) is 4.79 Å². The van der Waals surface area contributed by atoms with Crippen molar-refractivity contribution in [1.29, 1.82) is 0 Å². The quantitative estimate of drug-likeness (QED) is 0.477. The Morgan fingerprint density at radius 1 is 1.04 bits per heavy atom. The van der Waals surface area contributed by atoms with Crippen molar-refractivity contribution >= 4 is 14.2 Å². The molecule has 3 rings (SSSR count). The summed E-state index contributed by atoms with van der Waals surface area (Å²) in [7, 11) is -1.58. The Labute approximate surface area is 171 Å². The monoisotopic (exact) mass is 397 g/mol. The molecule has 2 aliphatic rings. The summed E-state index contributed by atoms with van der Waals surface area (Å²) in [6.07, 6.45) is 12.8. The van der Waals surface area contributed by atoms with Crippen molar-refractivity contribution in [3.05, 3.63) is 54.0 Å². The van der Waals surface area contributed by atoms with E-state index in [9.17, 15) is 4.79 Å². The molecule has 1 heterocycles. The minimum absolute atomic E-state index is 0.312. The average Bonchev–Trinajstić information content (AvgIpc) is 2.76. The highest BCUT2D eigenvalue weighted by atomic mass is 28.3. The summed E-state index contributed by atoms with van der Waals surface area (Å²) in [6.45, 7) is 7.05. The molecule has 0 spiro atoms. The number of hydrogen-bond acceptors (Lipinski definition) is 2. The van der Waals surface area contributed by atoms with Crippen molar-refractivity contribution in [3.8, 4) is 5.75 Å². The van der Waals surface area contributed by atoms with Gasteiger partial charge in [0, 0.05) is 18.3 Å². The molecule has 1 atom stereocenters. The van der Waals surface area contributed by atoms with Gasteiger partial charge in [-0.15, -0.1) is 0 Å². The molecule has 1 unspecified atom stereocenters. The van der Waals surface area contributed by atoms with Gasteiger partial charge < -0.3 is 4.74 Å². The summed E-state index contributed by atoms with van der Waals surface area (Å²) >= 11 is 0. The van der Waals surface area contributed by atoms with Gasteiger partial charge in [-0.1, -0.05) is 87.6 Å². The second kappa shape index (κ2) is 9.60. The number of rotatable bonds is 6. The molecule has 0 radical (unpaired) electrons. The SMILES string of the molecule is CC[Si](CC)(CC)C1=CN(C(=O)Oc2ccccc2)C=CC1C1CCCCC1. The minimum atomic E-state index is -1.58. The van der Waals surface area contributed by atoms with Crippen LogP contribution in [0.2, 0.25) is 18.1 Å². The van der Waals surface area contributed by atoms with Crippen LogP contribution in [0.25, 0.3) is 0 Å². The first-order chi connectivity index (χ1) is 13.6. The first-order valence-electron chi connectivity index (χ1n) is 11.1. The van der Waals surface area contributed by atoms with Crippen LogP contribution in [0.1, 0.15) is 52.9 Å². The van der Waals surface area contributed by atoms with Gasteiger partial charge in [0.1, 0.15) is 5.75 Å². The van der Waals surface area contributed by atoms with E-state index in [1.165, 1.54) is 50.2 Å². The van der Waals surface area contributed by atoms with Crippen molar-refractivity contribution in [1.82, 2.24) is 4.90 Å². The smallest absolute Gasteiger partial charge is 0.410 e. The zero-order chi connectivity index (χ0) is 20.0. The molecule has 4 heteroatoms. The molecule has 152 valence electrons. The van der Waals surface area contributed by atoms with Crippen LogP contribution < -0.4 is 4.74 Å². The Balaban J connectivity index is 1.88. The third-order valence-corrected chi connectivity index (χ3v) is 12.8. The second-order valence-corrected chi connectivity index (χ2v) is 13.5. The Hall–Kier alpha value is -1.81. The van der Waals surface area contributed by atoms with E-state index in [2.05, 4.69) is 33.0 Å². The summed E-state index contributed by atoms with van der Waals surface area (Å²) in [5.74, 6) is 1.84. The maximum absolute atomic E-state index is 12.8. The summed E-state index contributed by atoms with van der Waals surface area (Å²) in [5.41, 5.74) is 0. The van der Waals surface area contributed by atoms with Crippen LogP contribution in [0, 0.1) is 11.8 Å². The Kier molecular flexibility index (Phi) is 7.17. The molecule has 1 saturated carbocycles. The molecular formula is C24H35NO2Si. The molecule has 0 bridgehead atoms. The largest absolute Gasteiger partial charge is 0.423 e. The first kappa shape index (κ1) is 20.9. The standard InChI is InChI=1S/C24H35NO2Si/c1-4-28(5-2,6-3)23-19-25(24(26)27-21-15-11-8-12-16-21)18-17-22(23)20-13-9-7-10-14-20/h8,11-12,15-20,22H,4-7,9-10,13-14H2,1-3H3. The van der Waals surface area contributed by atoms with Crippen molar-refractivity contribution in [2.45, 2.75) is 71.0 Å². The maximum atomic E-state index is 12.8. The average molecular weight is 398 g/mol. The summed E-state index contributed by atoms with van der Waals surface area (Å²) < 4.78 is 5.60. The molecule has 1 aromatic rings. The van der Waals surface area contributed by atoms with Crippen LogP contribution in [0.5, 0.6) is 5.75 Å². The number of carbonyl (C=O) groups is 1. The van der Waals surface area contributed by atoms with E-state index in [0.29, 0.717) is 11.7 Å². The van der Waals surface area contributed by atoms with Gasteiger partial charge in [0.15, 0.2) is 0 Å². The maximum Gasteiger partial charge on any atom is 0.423 e. The highest BCUT2D eigenvalue weighted by molar-refractivity contribution is 6.86. The Bertz CT molecular complexity index is 694. The zero-order valence-corrected chi connectivity index (χ0v) is 18.7. The predicted molar refractivity (Wildman–Crippen MR) is 119 cm³/mol. The van der Waals surface area contributed by atoms with E-state index in [4.69, 9.17) is 4.74 Å². The summed E-state index contributed by atoms with van der Waals surface area (Å²) in [6, 6.07) is 13.1. The van der Waals surface area contributed by atoms with Crippen LogP contribution >= 0.6 is 0 Å². The third kappa shape index (κ3) is 4.43. The highest BCUT2D eigenvalue weighted by Crippen LogP contribution is 2.43. The van der Waals surface area contributed by atoms with E-state index < -0.39 is 8.07 Å². The molecule has 3 nitrogen and oxygen atoms in total. The van der Waals surface area contributed by atoms with Gasteiger partial charge in [-0.05, 0) is 30.9 Å². The lowest BCUT2D eigenvalue weighted by molar-refractivity contribution is 0.180. The fraction of sp³-hybridized carbons (Fsp3) is 0.542. The summed E-state index contributed by atoms with van der Waals surface area (Å²) in [4.78, 5) is 14.5. The van der Waals surface area contributed by atoms with Crippen molar-refractivity contribution in [3.63, 3.8) is 0 Å². The molecule has 1 aliphatic heterocycles. The Morgan fingerprint density at radius 3 is 2.29 bits per heavy atom. The number of carbonyl (C=O) groups excluding carboxylic acids is 1. The predicted octanol–water partition coefficient (Wildman–Crippen LogP) is 7.14. The molecule has 28 heavy (non-hydrogen) atoms. The van der Waals surface area contributed by atoms with Crippen LogP contribution in [-0.4, -0.2) is 19.1 Å². The number of allylic oxidation sites excluding steroid dienone is 2. The highest BCUT2D eigenvalue weighted by Gasteiger charge is 2.40. The molecule has 1 amide bonds. The van der Waals surface area contributed by atoms with Gasteiger partial charge >= 0.3 is 6.09 Å². The van der Waals surface area contributed by atoms with Crippen molar-refractivity contribution in [2.24, 2.45) is 11.8 Å². The topological polar surface area (TPSA) is 29.5 Å². The number of benzene rings is 1. The van der Waals surface area contributed by atoms with Gasteiger partial charge in [0.25, 0.3) is 0 Å². The number of hydrogen-bond donors (Lipinski definition) is 0. The van der Waals surface area contributed by atoms with Crippen molar-refractivity contribution < 1.29 is 9.53 Å². The lowest BCUT2D eigenvalue weighted by atomic mass is 9.79. The number of amides is 1. The molecular weight excluding hydrogens is 362 g/mol. The number of ether oxygens (including phenoxy) is 1. The zero-order valence-electron chi connectivity index (χ0n) is 17.7. The molecule has 0 N–H and O–H groups in total. The minimum Gasteiger partial charge on any atom is -0.410 e. The summed E-state index contributed by atoms with van der Waals surface area (Å²) in [5, 5.41) is 1.57. The van der Waals surface area contributed by atoms with E-state index in [1.807, 2.05) is 36.5 Å². The van der Waals surface area contributed by atoms with Gasteiger partial charge in [0.2, 0.25) is 0 Å². The fourth-order valence-electron chi connectivity index (χ4n) is 5.08. The second-order valence-electron chi connectivity index (χ2n) is 8.28. The molecule has 0 saturated heterocycles. The fourth-order valence-corrected chi connectivity index (χ4v) is 9.26. The van der Waals surface area contributed by atoms with Crippen LogP contribution in [0.15, 0.2) is 54.0 Å². The number of nitrogens with zero attached hydrogens (tertiary/aromatic N) is 1. The van der Waals surface area contributed by atoms with E-state index in [0.717, 1.165) is 5.92 Å².